The van der Waals surface area contributed by atoms with E-state index in [1.807, 2.05) is 0 Å². The smallest absolute Gasteiger partial charge is 0.361 e. The van der Waals surface area contributed by atoms with Crippen LogP contribution in [0, 0.1) is 6.57 Å². The molecule has 8 nitrogen and oxygen atoms in total. The van der Waals surface area contributed by atoms with Crippen molar-refractivity contribution in [3.63, 3.8) is 0 Å². The molecule has 112 valence electrons. The summed E-state index contributed by atoms with van der Waals surface area (Å²) in [7, 11) is 0. The fourth-order valence-corrected chi connectivity index (χ4v) is 3.55. The monoisotopic (exact) mass is 316 g/mol. The zero-order valence-electron chi connectivity index (χ0n) is 11.5. The quantitative estimate of drug-likeness (QED) is 0.382. The van der Waals surface area contributed by atoms with E-state index in [-0.39, 0.29) is 0 Å². The number of azide groups is 1. The normalized spacial score (nSPS) is 30.9. The Morgan fingerprint density at radius 1 is 1.64 bits per heavy atom. The number of aliphatic hydroxyl groups is 1. The van der Waals surface area contributed by atoms with Crippen LogP contribution in [0.5, 0.6) is 0 Å². The number of aromatic nitrogens is 1. The number of fused-ring (bicyclic) bond motifs is 1. The number of thiophene rings is 1. The highest BCUT2D eigenvalue weighted by Gasteiger charge is 2.58. The van der Waals surface area contributed by atoms with Gasteiger partial charge in [-0.05, 0) is 17.0 Å². The van der Waals surface area contributed by atoms with Crippen LogP contribution in [0.15, 0.2) is 22.8 Å². The highest BCUT2D eigenvalue weighted by Crippen LogP contribution is 2.46. The molecule has 1 aliphatic rings. The van der Waals surface area contributed by atoms with Crippen molar-refractivity contribution in [2.45, 2.75) is 30.9 Å². The van der Waals surface area contributed by atoms with Crippen LogP contribution >= 0.6 is 11.3 Å². The summed E-state index contributed by atoms with van der Waals surface area (Å²) >= 11 is 1.40. The second-order valence-electron chi connectivity index (χ2n) is 5.11. The molecule has 0 saturated carbocycles. The van der Waals surface area contributed by atoms with Crippen LogP contribution in [0.3, 0.4) is 0 Å². The van der Waals surface area contributed by atoms with Crippen molar-refractivity contribution in [1.82, 2.24) is 4.98 Å². The Balaban J connectivity index is 2.15. The van der Waals surface area contributed by atoms with Gasteiger partial charge >= 0.3 is 5.72 Å². The second kappa shape index (κ2) is 5.12. The van der Waals surface area contributed by atoms with Crippen molar-refractivity contribution in [2.24, 2.45) is 5.11 Å². The Morgan fingerprint density at radius 3 is 3.09 bits per heavy atom. The number of hydrogen-bond donors (Lipinski definition) is 2. The van der Waals surface area contributed by atoms with Crippen LogP contribution in [0.25, 0.3) is 25.5 Å². The molecule has 0 unspecified atom stereocenters. The van der Waals surface area contributed by atoms with Crippen LogP contribution in [-0.4, -0.2) is 28.0 Å². The maximum atomic E-state index is 10.3. The Bertz CT molecular complexity index is 824. The molecule has 1 saturated heterocycles. The number of ether oxygens (including phenoxy) is 1. The predicted molar refractivity (Wildman–Crippen MR) is 81.8 cm³/mol. The van der Waals surface area contributed by atoms with E-state index in [0.717, 1.165) is 4.70 Å². The van der Waals surface area contributed by atoms with Crippen LogP contribution in [-0.2, 0) is 4.74 Å². The average Bonchev–Trinajstić information content (AvgIpc) is 3.04. The molecule has 4 atom stereocenters. The molecule has 2 aromatic heterocycles. The van der Waals surface area contributed by atoms with Crippen LogP contribution in [0.4, 0.5) is 5.69 Å². The molecule has 3 N–H and O–H groups in total. The van der Waals surface area contributed by atoms with Crippen LogP contribution in [0.2, 0.25) is 0 Å². The lowest BCUT2D eigenvalue weighted by molar-refractivity contribution is -0.0373. The summed E-state index contributed by atoms with van der Waals surface area (Å²) in [5.41, 5.74) is 15.1. The molecule has 0 amide bonds. The number of nitrogens with two attached hydrogens (primary N) is 1. The average molecular weight is 316 g/mol. The third kappa shape index (κ3) is 1.98. The fraction of sp³-hybridized carbons (Fsp3) is 0.385. The summed E-state index contributed by atoms with van der Waals surface area (Å²) in [5, 5.41) is 15.7. The Hall–Kier alpha value is -2.37. The lowest BCUT2D eigenvalue weighted by Gasteiger charge is -2.13. The molecule has 3 rings (SSSR count). The lowest BCUT2D eigenvalue weighted by Crippen LogP contribution is -2.36. The first-order valence-corrected chi connectivity index (χ1v) is 7.30. The standard InChI is InChI=1S/C13H12N6O2S/c1-13(16-2)12(20)9(18-19-15)10(21-13)6-5-22-11-7(14)3-4-17-8(6)11/h3-5,9-10,12,20H,1H3,(H2,14,17)/t9-,10-,12-,13+/m0/s1. The van der Waals surface area contributed by atoms with E-state index in [1.165, 1.54) is 18.3 Å². The first kappa shape index (κ1) is 14.6. The highest BCUT2D eigenvalue weighted by molar-refractivity contribution is 7.18. The molecule has 0 spiro atoms. The number of aliphatic hydroxyl groups excluding tert-OH is 1. The summed E-state index contributed by atoms with van der Waals surface area (Å²) in [4.78, 5) is 10.4. The van der Waals surface area contributed by atoms with E-state index < -0.39 is 24.0 Å². The van der Waals surface area contributed by atoms with E-state index >= 15 is 0 Å². The summed E-state index contributed by atoms with van der Waals surface area (Å²) in [6.07, 6.45) is -0.384. The maximum Gasteiger partial charge on any atom is 0.361 e. The summed E-state index contributed by atoms with van der Waals surface area (Å²) in [5.74, 6) is 0. The van der Waals surface area contributed by atoms with Gasteiger partial charge in [-0.2, -0.15) is 0 Å². The molecular weight excluding hydrogens is 304 g/mol. The summed E-state index contributed by atoms with van der Waals surface area (Å²) in [6.45, 7) is 8.71. The van der Waals surface area contributed by atoms with Gasteiger partial charge in [0.1, 0.15) is 12.1 Å². The Kier molecular flexibility index (Phi) is 3.39. The number of nitrogen functional groups attached to an aromatic ring is 1. The van der Waals surface area contributed by atoms with Gasteiger partial charge in [-0.1, -0.05) is 5.11 Å². The zero-order valence-corrected chi connectivity index (χ0v) is 12.4. The van der Waals surface area contributed by atoms with Crippen molar-refractivity contribution in [1.29, 1.82) is 0 Å². The third-order valence-corrected chi connectivity index (χ3v) is 4.81. The molecule has 0 radical (unpaired) electrons. The van der Waals surface area contributed by atoms with Gasteiger partial charge in [0.15, 0.2) is 6.10 Å². The first-order chi connectivity index (χ1) is 10.5. The van der Waals surface area contributed by atoms with Gasteiger partial charge in [0.05, 0.1) is 15.9 Å². The van der Waals surface area contributed by atoms with E-state index in [4.69, 9.17) is 22.6 Å². The molecule has 2 aromatic rings. The van der Waals surface area contributed by atoms with Crippen molar-refractivity contribution in [3.8, 4) is 0 Å². The van der Waals surface area contributed by atoms with Crippen molar-refractivity contribution in [2.75, 3.05) is 5.73 Å². The van der Waals surface area contributed by atoms with Gasteiger partial charge in [0.2, 0.25) is 0 Å². The zero-order chi connectivity index (χ0) is 15.9. The van der Waals surface area contributed by atoms with Gasteiger partial charge in [0, 0.05) is 23.6 Å². The Labute approximate surface area is 129 Å². The predicted octanol–water partition coefficient (Wildman–Crippen LogP) is 2.63. The molecule has 1 aliphatic heterocycles. The molecule has 0 aliphatic carbocycles. The molecular formula is C13H12N6O2S. The molecule has 0 bridgehead atoms. The second-order valence-corrected chi connectivity index (χ2v) is 5.99. The maximum absolute atomic E-state index is 10.3. The Morgan fingerprint density at radius 2 is 2.41 bits per heavy atom. The minimum absolute atomic E-state index is 0.591. The molecule has 3 heterocycles. The van der Waals surface area contributed by atoms with Crippen molar-refractivity contribution in [3.05, 3.63) is 45.1 Å². The number of hydrogen-bond acceptors (Lipinski definition) is 6. The van der Waals surface area contributed by atoms with Gasteiger partial charge in [-0.15, -0.1) is 11.3 Å². The van der Waals surface area contributed by atoms with Gasteiger partial charge in [-0.3, -0.25) is 14.6 Å². The van der Waals surface area contributed by atoms with Crippen molar-refractivity contribution < 1.29 is 9.84 Å². The van der Waals surface area contributed by atoms with E-state index in [0.29, 0.717) is 16.8 Å². The van der Waals surface area contributed by atoms with Gasteiger partial charge in [-0.25, -0.2) is 6.57 Å². The first-order valence-electron chi connectivity index (χ1n) is 6.42. The van der Waals surface area contributed by atoms with Crippen LogP contribution in [0.1, 0.15) is 18.6 Å². The fourth-order valence-electron chi connectivity index (χ4n) is 2.57. The minimum atomic E-state index is -1.46. The highest BCUT2D eigenvalue weighted by atomic mass is 32.1. The van der Waals surface area contributed by atoms with Crippen molar-refractivity contribution >= 4 is 27.2 Å². The minimum Gasteiger partial charge on any atom is -0.397 e. The van der Waals surface area contributed by atoms with Crippen LogP contribution < -0.4 is 5.73 Å². The lowest BCUT2D eigenvalue weighted by atomic mass is 9.99. The number of rotatable bonds is 2. The van der Waals surface area contributed by atoms with E-state index in [9.17, 15) is 5.11 Å². The van der Waals surface area contributed by atoms with E-state index in [2.05, 4.69) is 19.9 Å². The molecule has 1 fully saturated rings. The SMILES string of the molecule is [C-]#[N+][C@]1(C)O[C@@H](c2csc3c(N)ccnc23)[C@H](N=[N+]=[N-])[C@@H]1O. The molecule has 0 aromatic carbocycles. The number of nitrogens with zero attached hydrogens (tertiary/aromatic N) is 5. The summed E-state index contributed by atoms with van der Waals surface area (Å²) < 4.78 is 6.52. The topological polar surface area (TPSA) is 121 Å². The number of pyridine rings is 1. The largest absolute Gasteiger partial charge is 0.397 e. The van der Waals surface area contributed by atoms with Gasteiger partial charge in [0.25, 0.3) is 0 Å². The summed E-state index contributed by atoms with van der Waals surface area (Å²) in [6, 6.07) is 0.798. The van der Waals surface area contributed by atoms with E-state index in [1.54, 1.807) is 17.6 Å². The molecule has 9 heteroatoms. The molecule has 22 heavy (non-hydrogen) atoms. The number of anilines is 1. The van der Waals surface area contributed by atoms with Gasteiger partial charge < -0.3 is 10.8 Å². The third-order valence-electron chi connectivity index (χ3n) is 3.77.